The van der Waals surface area contributed by atoms with Crippen LogP contribution in [0.1, 0.15) is 0 Å². The average molecular weight is 484 g/mol. The second kappa shape index (κ2) is 8.92. The van der Waals surface area contributed by atoms with E-state index in [1.807, 2.05) is 6.07 Å². The Labute approximate surface area is 195 Å². The summed E-state index contributed by atoms with van der Waals surface area (Å²) in [5.41, 5.74) is 1.68. The Hall–Kier alpha value is -3.70. The van der Waals surface area contributed by atoms with Crippen LogP contribution in [-0.4, -0.2) is 57.0 Å². The van der Waals surface area contributed by atoms with Gasteiger partial charge in [-0.25, -0.2) is 17.8 Å². The third-order valence-corrected chi connectivity index (χ3v) is 6.98. The number of para-hydroxylation sites is 1. The standard InChI is InChI=1S/C23H22FN5O4S/c1-32-21-7-6-16(34(30,31)28-20-5-3-2-4-19(20)24)13-17(21)15-12-18-22(25-14-15)26-27-23(18)29-8-10-33-11-9-29/h2-7,12-14,28H,8-11H2,1H3,(H,25,26,27). The van der Waals surface area contributed by atoms with E-state index in [1.165, 1.54) is 37.4 Å². The number of pyridine rings is 1. The van der Waals surface area contributed by atoms with Gasteiger partial charge < -0.3 is 14.4 Å². The van der Waals surface area contributed by atoms with E-state index in [0.717, 1.165) is 11.2 Å². The van der Waals surface area contributed by atoms with Crippen LogP contribution in [0.25, 0.3) is 22.2 Å². The number of anilines is 2. The van der Waals surface area contributed by atoms with Crippen LogP contribution in [0.3, 0.4) is 0 Å². The van der Waals surface area contributed by atoms with E-state index in [2.05, 4.69) is 24.8 Å². The predicted octanol–water partition coefficient (Wildman–Crippen LogP) is 3.41. The summed E-state index contributed by atoms with van der Waals surface area (Å²) in [5, 5.41) is 8.17. The summed E-state index contributed by atoms with van der Waals surface area (Å²) in [6.45, 7) is 2.65. The largest absolute Gasteiger partial charge is 0.496 e. The third-order valence-electron chi connectivity index (χ3n) is 5.62. The molecule has 0 radical (unpaired) electrons. The molecule has 2 aromatic heterocycles. The van der Waals surface area contributed by atoms with Crippen molar-refractivity contribution in [3.8, 4) is 16.9 Å². The van der Waals surface area contributed by atoms with Gasteiger partial charge in [-0.2, -0.15) is 5.10 Å². The fourth-order valence-corrected chi connectivity index (χ4v) is 4.97. The van der Waals surface area contributed by atoms with E-state index in [0.29, 0.717) is 48.8 Å². The summed E-state index contributed by atoms with van der Waals surface area (Å²) < 4.78 is 53.3. The molecule has 2 N–H and O–H groups in total. The monoisotopic (exact) mass is 483 g/mol. The van der Waals surface area contributed by atoms with Crippen molar-refractivity contribution in [2.24, 2.45) is 0 Å². The summed E-state index contributed by atoms with van der Waals surface area (Å²) >= 11 is 0. The maximum Gasteiger partial charge on any atom is 0.262 e. The van der Waals surface area contributed by atoms with Crippen LogP contribution in [-0.2, 0) is 14.8 Å². The van der Waals surface area contributed by atoms with Crippen molar-refractivity contribution in [3.63, 3.8) is 0 Å². The van der Waals surface area contributed by atoms with Crippen molar-refractivity contribution in [3.05, 3.63) is 60.5 Å². The topological polar surface area (TPSA) is 109 Å². The number of aromatic nitrogens is 3. The maximum absolute atomic E-state index is 14.0. The van der Waals surface area contributed by atoms with E-state index in [9.17, 15) is 12.8 Å². The van der Waals surface area contributed by atoms with Crippen molar-refractivity contribution >= 4 is 32.6 Å². The van der Waals surface area contributed by atoms with E-state index < -0.39 is 15.8 Å². The fraction of sp³-hybridized carbons (Fsp3) is 0.217. The van der Waals surface area contributed by atoms with Crippen LogP contribution in [0, 0.1) is 5.82 Å². The molecule has 0 amide bonds. The summed E-state index contributed by atoms with van der Waals surface area (Å²) in [5.74, 6) is 0.573. The molecule has 0 bridgehead atoms. The molecule has 3 heterocycles. The molecule has 1 aliphatic rings. The van der Waals surface area contributed by atoms with Gasteiger partial charge in [0.25, 0.3) is 10.0 Å². The number of nitrogens with zero attached hydrogens (tertiary/aromatic N) is 3. The highest BCUT2D eigenvalue weighted by atomic mass is 32.2. The van der Waals surface area contributed by atoms with Gasteiger partial charge in [0.2, 0.25) is 0 Å². The average Bonchev–Trinajstić information content (AvgIpc) is 3.29. The van der Waals surface area contributed by atoms with Gasteiger partial charge >= 0.3 is 0 Å². The molecule has 0 aliphatic carbocycles. The van der Waals surface area contributed by atoms with Gasteiger partial charge in [0, 0.05) is 30.4 Å². The first-order valence-electron chi connectivity index (χ1n) is 10.6. The number of fused-ring (bicyclic) bond motifs is 1. The number of halogens is 1. The van der Waals surface area contributed by atoms with Gasteiger partial charge in [-0.15, -0.1) is 0 Å². The SMILES string of the molecule is COc1ccc(S(=O)(=O)Nc2ccccc2F)cc1-c1cnc2[nH]nc(N3CCOCC3)c2c1. The minimum Gasteiger partial charge on any atom is -0.496 e. The Bertz CT molecular complexity index is 1450. The minimum absolute atomic E-state index is 0.0350. The van der Waals surface area contributed by atoms with Gasteiger partial charge in [0.15, 0.2) is 11.5 Å². The highest BCUT2D eigenvalue weighted by molar-refractivity contribution is 7.92. The highest BCUT2D eigenvalue weighted by Gasteiger charge is 2.21. The second-order valence-corrected chi connectivity index (χ2v) is 9.40. The molecule has 11 heteroatoms. The van der Waals surface area contributed by atoms with Gasteiger partial charge in [0.1, 0.15) is 11.6 Å². The highest BCUT2D eigenvalue weighted by Crippen LogP contribution is 2.35. The fourth-order valence-electron chi connectivity index (χ4n) is 3.88. The summed E-state index contributed by atoms with van der Waals surface area (Å²) in [6, 6.07) is 12.0. The van der Waals surface area contributed by atoms with Crippen LogP contribution < -0.4 is 14.4 Å². The minimum atomic E-state index is -4.05. The molecule has 1 fully saturated rings. The van der Waals surface area contributed by atoms with Crippen molar-refractivity contribution in [1.82, 2.24) is 15.2 Å². The lowest BCUT2D eigenvalue weighted by Crippen LogP contribution is -2.36. The molecule has 0 atom stereocenters. The van der Waals surface area contributed by atoms with Crippen LogP contribution in [0.2, 0.25) is 0 Å². The van der Waals surface area contributed by atoms with Crippen molar-refractivity contribution in [2.75, 3.05) is 43.0 Å². The quantitative estimate of drug-likeness (QED) is 0.433. The first-order valence-corrected chi connectivity index (χ1v) is 12.1. The molecule has 2 aromatic carbocycles. The first kappa shape index (κ1) is 22.1. The lowest BCUT2D eigenvalue weighted by Gasteiger charge is -2.26. The maximum atomic E-state index is 14.0. The van der Waals surface area contributed by atoms with Crippen molar-refractivity contribution in [2.45, 2.75) is 4.90 Å². The molecule has 1 aliphatic heterocycles. The number of sulfonamides is 1. The van der Waals surface area contributed by atoms with Gasteiger partial charge in [-0.3, -0.25) is 9.82 Å². The number of morpholine rings is 1. The number of ether oxygens (including phenoxy) is 2. The van der Waals surface area contributed by atoms with E-state index in [-0.39, 0.29) is 10.6 Å². The normalized spacial score (nSPS) is 14.4. The predicted molar refractivity (Wildman–Crippen MR) is 126 cm³/mol. The molecule has 34 heavy (non-hydrogen) atoms. The zero-order valence-electron chi connectivity index (χ0n) is 18.3. The summed E-state index contributed by atoms with van der Waals surface area (Å²) in [7, 11) is -2.55. The molecule has 0 spiro atoms. The zero-order chi connectivity index (χ0) is 23.7. The lowest BCUT2D eigenvalue weighted by molar-refractivity contribution is 0.122. The van der Waals surface area contributed by atoms with Crippen LogP contribution in [0.4, 0.5) is 15.9 Å². The number of benzene rings is 2. The third kappa shape index (κ3) is 4.15. The number of aromatic amines is 1. The Morgan fingerprint density at radius 1 is 1.15 bits per heavy atom. The zero-order valence-corrected chi connectivity index (χ0v) is 19.1. The molecule has 5 rings (SSSR count). The molecular weight excluding hydrogens is 461 g/mol. The van der Waals surface area contributed by atoms with Crippen LogP contribution in [0.15, 0.2) is 59.6 Å². The molecule has 176 valence electrons. The summed E-state index contributed by atoms with van der Waals surface area (Å²) in [4.78, 5) is 6.55. The first-order chi connectivity index (χ1) is 16.5. The Morgan fingerprint density at radius 3 is 2.71 bits per heavy atom. The molecule has 0 unspecified atom stereocenters. The number of H-pyrrole nitrogens is 1. The van der Waals surface area contributed by atoms with E-state index >= 15 is 0 Å². The Balaban J connectivity index is 1.56. The molecule has 4 aromatic rings. The Kier molecular flexibility index (Phi) is 5.80. The summed E-state index contributed by atoms with van der Waals surface area (Å²) in [6.07, 6.45) is 1.63. The van der Waals surface area contributed by atoms with Gasteiger partial charge in [-0.05, 0) is 36.4 Å². The molecule has 1 saturated heterocycles. The van der Waals surface area contributed by atoms with Crippen LogP contribution >= 0.6 is 0 Å². The lowest BCUT2D eigenvalue weighted by atomic mass is 10.1. The van der Waals surface area contributed by atoms with Crippen LogP contribution in [0.5, 0.6) is 5.75 Å². The smallest absolute Gasteiger partial charge is 0.262 e. The van der Waals surface area contributed by atoms with Crippen molar-refractivity contribution < 1.29 is 22.3 Å². The van der Waals surface area contributed by atoms with Crippen molar-refractivity contribution in [1.29, 1.82) is 0 Å². The number of hydrogen-bond acceptors (Lipinski definition) is 7. The van der Waals surface area contributed by atoms with Gasteiger partial charge in [0.05, 0.1) is 36.3 Å². The number of nitrogens with one attached hydrogen (secondary N) is 2. The molecule has 0 saturated carbocycles. The van der Waals surface area contributed by atoms with E-state index in [4.69, 9.17) is 9.47 Å². The molecular formula is C23H22FN5O4S. The number of methoxy groups -OCH3 is 1. The number of rotatable bonds is 6. The van der Waals surface area contributed by atoms with E-state index in [1.54, 1.807) is 18.3 Å². The second-order valence-electron chi connectivity index (χ2n) is 7.71. The molecule has 9 nitrogen and oxygen atoms in total. The Morgan fingerprint density at radius 2 is 1.94 bits per heavy atom. The van der Waals surface area contributed by atoms with Gasteiger partial charge in [-0.1, -0.05) is 12.1 Å². The number of hydrogen-bond donors (Lipinski definition) is 2.